The number of nitrogens with zero attached hydrogens (tertiary/aromatic N) is 2. The predicted octanol–water partition coefficient (Wildman–Crippen LogP) is 2.36. The van der Waals surface area contributed by atoms with Gasteiger partial charge in [-0.25, -0.2) is 4.79 Å². The number of hydrogen-bond donors (Lipinski definition) is 1. The molecule has 0 aliphatic heterocycles. The van der Waals surface area contributed by atoms with Gasteiger partial charge in [-0.1, -0.05) is 6.92 Å². The highest BCUT2D eigenvalue weighted by molar-refractivity contribution is 7.99. The van der Waals surface area contributed by atoms with Crippen molar-refractivity contribution in [3.8, 4) is 0 Å². The number of nitrogens with one attached hydrogen (secondary N) is 1. The lowest BCUT2D eigenvalue weighted by molar-refractivity contribution is 0.0524. The maximum absolute atomic E-state index is 11.9. The molecule has 2 atom stereocenters. The zero-order chi connectivity index (χ0) is 15.2. The Kier molecular flexibility index (Phi) is 6.11. The monoisotopic (exact) mass is 311 g/mol. The van der Waals surface area contributed by atoms with Crippen molar-refractivity contribution in [3.63, 3.8) is 0 Å². The largest absolute Gasteiger partial charge is 0.462 e. The van der Waals surface area contributed by atoms with Gasteiger partial charge in [0.25, 0.3) is 0 Å². The second-order valence-electron chi connectivity index (χ2n) is 5.32. The zero-order valence-electron chi connectivity index (χ0n) is 13.1. The fourth-order valence-corrected chi connectivity index (χ4v) is 3.95. The fourth-order valence-electron chi connectivity index (χ4n) is 2.81. The third-order valence-corrected chi connectivity index (χ3v) is 5.13. The van der Waals surface area contributed by atoms with Gasteiger partial charge in [0, 0.05) is 24.9 Å². The summed E-state index contributed by atoms with van der Waals surface area (Å²) in [7, 11) is 1.87. The predicted molar refractivity (Wildman–Crippen MR) is 85.6 cm³/mol. The molecule has 5 nitrogen and oxygen atoms in total. The van der Waals surface area contributed by atoms with Gasteiger partial charge in [-0.2, -0.15) is 16.9 Å². The summed E-state index contributed by atoms with van der Waals surface area (Å²) in [6.45, 7) is 5.08. The van der Waals surface area contributed by atoms with Crippen LogP contribution in [0.25, 0.3) is 0 Å². The summed E-state index contributed by atoms with van der Waals surface area (Å²) in [4.78, 5) is 11.9. The SMILES string of the molecule is CCOC(=O)c1cnn(C)c1CNC1CCC(SCC)C1. The van der Waals surface area contributed by atoms with Gasteiger partial charge in [0.2, 0.25) is 0 Å². The highest BCUT2D eigenvalue weighted by Gasteiger charge is 2.25. The molecule has 2 rings (SSSR count). The number of ether oxygens (including phenoxy) is 1. The lowest BCUT2D eigenvalue weighted by atomic mass is 10.2. The van der Waals surface area contributed by atoms with Crippen molar-refractivity contribution in [1.29, 1.82) is 0 Å². The van der Waals surface area contributed by atoms with Gasteiger partial charge in [0.05, 0.1) is 18.5 Å². The molecular formula is C15H25N3O2S. The molecule has 0 spiro atoms. The molecule has 6 heteroatoms. The number of hydrogen-bond acceptors (Lipinski definition) is 5. The third-order valence-electron chi connectivity index (χ3n) is 3.90. The van der Waals surface area contributed by atoms with E-state index in [2.05, 4.69) is 29.1 Å². The molecule has 0 bridgehead atoms. The summed E-state index contributed by atoms with van der Waals surface area (Å²) in [6, 6.07) is 0.541. The Balaban J connectivity index is 1.91. The molecule has 21 heavy (non-hydrogen) atoms. The molecule has 1 fully saturated rings. The first-order chi connectivity index (χ1) is 10.2. The Bertz CT molecular complexity index is 475. The minimum Gasteiger partial charge on any atom is -0.462 e. The molecule has 2 unspecified atom stereocenters. The van der Waals surface area contributed by atoms with E-state index in [4.69, 9.17) is 4.74 Å². The molecule has 0 aromatic carbocycles. The van der Waals surface area contributed by atoms with E-state index in [0.717, 1.165) is 10.9 Å². The molecule has 1 heterocycles. The number of aryl methyl sites for hydroxylation is 1. The van der Waals surface area contributed by atoms with Crippen LogP contribution >= 0.6 is 11.8 Å². The molecule has 1 aromatic rings. The summed E-state index contributed by atoms with van der Waals surface area (Å²) in [6.07, 6.45) is 5.31. The van der Waals surface area contributed by atoms with Gasteiger partial charge in [-0.15, -0.1) is 0 Å². The number of thioether (sulfide) groups is 1. The highest BCUT2D eigenvalue weighted by atomic mass is 32.2. The van der Waals surface area contributed by atoms with Crippen molar-refractivity contribution in [3.05, 3.63) is 17.5 Å². The summed E-state index contributed by atoms with van der Waals surface area (Å²) >= 11 is 2.05. The molecule has 118 valence electrons. The van der Waals surface area contributed by atoms with Crippen LogP contribution in [0.2, 0.25) is 0 Å². The van der Waals surface area contributed by atoms with Gasteiger partial charge in [-0.05, 0) is 31.9 Å². The lowest BCUT2D eigenvalue weighted by Gasteiger charge is -2.14. The standard InChI is InChI=1S/C15H25N3O2S/c1-4-20-15(19)13-9-17-18(3)14(13)10-16-11-6-7-12(8-11)21-5-2/h9,11-12,16H,4-8,10H2,1-3H3. The third kappa shape index (κ3) is 4.23. The van der Waals surface area contributed by atoms with Crippen LogP contribution in [0.4, 0.5) is 0 Å². The average Bonchev–Trinajstić information content (AvgIpc) is 3.04. The second-order valence-corrected chi connectivity index (χ2v) is 6.89. The van der Waals surface area contributed by atoms with Gasteiger partial charge in [-0.3, -0.25) is 4.68 Å². The molecule has 0 radical (unpaired) electrons. The average molecular weight is 311 g/mol. The first-order valence-electron chi connectivity index (χ1n) is 7.68. The van der Waals surface area contributed by atoms with E-state index in [0.29, 0.717) is 24.8 Å². The fraction of sp³-hybridized carbons (Fsp3) is 0.733. The van der Waals surface area contributed by atoms with E-state index < -0.39 is 0 Å². The van der Waals surface area contributed by atoms with Crippen molar-refractivity contribution < 1.29 is 9.53 Å². The van der Waals surface area contributed by atoms with Gasteiger partial charge in [0.1, 0.15) is 5.56 Å². The van der Waals surface area contributed by atoms with Crippen LogP contribution in [0, 0.1) is 0 Å². The minimum absolute atomic E-state index is 0.284. The molecule has 1 aliphatic carbocycles. The van der Waals surface area contributed by atoms with E-state index >= 15 is 0 Å². The maximum atomic E-state index is 11.9. The van der Waals surface area contributed by atoms with Crippen molar-refractivity contribution in [2.75, 3.05) is 12.4 Å². The number of esters is 1. The first-order valence-corrected chi connectivity index (χ1v) is 8.73. The molecule has 1 aliphatic rings. The van der Waals surface area contributed by atoms with Crippen LogP contribution in [-0.4, -0.2) is 39.4 Å². The lowest BCUT2D eigenvalue weighted by Crippen LogP contribution is -2.28. The van der Waals surface area contributed by atoms with Gasteiger partial charge < -0.3 is 10.1 Å². The number of aromatic nitrogens is 2. The second kappa shape index (κ2) is 7.84. The van der Waals surface area contributed by atoms with Crippen LogP contribution in [-0.2, 0) is 18.3 Å². The van der Waals surface area contributed by atoms with E-state index in [-0.39, 0.29) is 5.97 Å². The van der Waals surface area contributed by atoms with Gasteiger partial charge >= 0.3 is 5.97 Å². The Morgan fingerprint density at radius 2 is 2.33 bits per heavy atom. The molecule has 0 saturated heterocycles. The van der Waals surface area contributed by atoms with Crippen LogP contribution in [0.3, 0.4) is 0 Å². The quantitative estimate of drug-likeness (QED) is 0.784. The molecule has 1 N–H and O–H groups in total. The van der Waals surface area contributed by atoms with E-state index in [1.165, 1.54) is 25.0 Å². The Labute approximate surface area is 130 Å². The van der Waals surface area contributed by atoms with Gasteiger partial charge in [0.15, 0.2) is 0 Å². The zero-order valence-corrected chi connectivity index (χ0v) is 13.9. The number of rotatable bonds is 7. The number of carbonyl (C=O) groups excluding carboxylic acids is 1. The van der Waals surface area contributed by atoms with E-state index in [1.807, 2.05) is 14.0 Å². The van der Waals surface area contributed by atoms with Crippen LogP contribution < -0.4 is 5.32 Å². The molecule has 0 amide bonds. The summed E-state index contributed by atoms with van der Waals surface area (Å²) in [5.74, 6) is 0.903. The van der Waals surface area contributed by atoms with Crippen molar-refractivity contribution >= 4 is 17.7 Å². The number of carbonyl (C=O) groups is 1. The summed E-state index contributed by atoms with van der Waals surface area (Å²) in [5.41, 5.74) is 1.48. The van der Waals surface area contributed by atoms with Crippen molar-refractivity contribution in [2.24, 2.45) is 7.05 Å². The summed E-state index contributed by atoms with van der Waals surface area (Å²) < 4.78 is 6.84. The Morgan fingerprint density at radius 1 is 1.52 bits per heavy atom. The van der Waals surface area contributed by atoms with E-state index in [9.17, 15) is 4.79 Å². The molecule has 1 aromatic heterocycles. The summed E-state index contributed by atoms with van der Waals surface area (Å²) in [5, 5.41) is 8.53. The van der Waals surface area contributed by atoms with Crippen molar-refractivity contribution in [1.82, 2.24) is 15.1 Å². The highest BCUT2D eigenvalue weighted by Crippen LogP contribution is 2.29. The Morgan fingerprint density at radius 3 is 3.05 bits per heavy atom. The molecular weight excluding hydrogens is 286 g/mol. The van der Waals surface area contributed by atoms with Crippen LogP contribution in [0.15, 0.2) is 6.20 Å². The maximum Gasteiger partial charge on any atom is 0.341 e. The van der Waals surface area contributed by atoms with E-state index in [1.54, 1.807) is 10.9 Å². The van der Waals surface area contributed by atoms with Crippen LogP contribution in [0.1, 0.15) is 49.2 Å². The Hall–Kier alpha value is -1.01. The topological polar surface area (TPSA) is 56.1 Å². The molecule has 1 saturated carbocycles. The van der Waals surface area contributed by atoms with Crippen molar-refractivity contribution in [2.45, 2.75) is 50.9 Å². The minimum atomic E-state index is -0.284. The first kappa shape index (κ1) is 16.4. The smallest absolute Gasteiger partial charge is 0.341 e. The normalized spacial score (nSPS) is 21.7. The van der Waals surface area contributed by atoms with Crippen LogP contribution in [0.5, 0.6) is 0 Å².